The second-order valence-corrected chi connectivity index (χ2v) is 8.01. The Bertz CT molecular complexity index is 882. The molecule has 7 heteroatoms. The van der Waals surface area contributed by atoms with Crippen LogP contribution in [0.3, 0.4) is 0 Å². The van der Waals surface area contributed by atoms with Crippen LogP contribution < -0.4 is 0 Å². The summed E-state index contributed by atoms with van der Waals surface area (Å²) in [5.74, 6) is 0.156. The number of alkyl halides is 3. The van der Waals surface area contributed by atoms with Gasteiger partial charge in [-0.25, -0.2) is 0 Å². The van der Waals surface area contributed by atoms with Gasteiger partial charge in [-0.15, -0.1) is 5.10 Å². The zero-order valence-electron chi connectivity index (χ0n) is 15.9. The maximum atomic E-state index is 12.9. The number of phenolic OH excluding ortho intramolecular Hbond substituents is 1. The van der Waals surface area contributed by atoms with Crippen LogP contribution in [0.2, 0.25) is 0 Å². The molecule has 2 aromatic rings. The molecule has 28 heavy (non-hydrogen) atoms. The van der Waals surface area contributed by atoms with Crippen LogP contribution in [0.4, 0.5) is 13.2 Å². The molecule has 2 heterocycles. The third kappa shape index (κ3) is 3.72. The number of rotatable bonds is 3. The molecule has 0 unspecified atom stereocenters. The van der Waals surface area contributed by atoms with Gasteiger partial charge in [0, 0.05) is 12.1 Å². The average molecular weight is 391 g/mol. The summed E-state index contributed by atoms with van der Waals surface area (Å²) < 4.78 is 38.6. The van der Waals surface area contributed by atoms with E-state index in [2.05, 4.69) is 22.1 Å². The van der Waals surface area contributed by atoms with E-state index in [1.54, 1.807) is 0 Å². The number of piperidine rings is 1. The first-order valence-corrected chi connectivity index (χ1v) is 9.79. The predicted molar refractivity (Wildman–Crippen MR) is 100 cm³/mol. The molecule has 1 N–H and O–H groups in total. The Hall–Kier alpha value is -2.15. The molecule has 4 nitrogen and oxygen atoms in total. The van der Waals surface area contributed by atoms with Gasteiger partial charge in [-0.2, -0.15) is 18.3 Å². The average Bonchev–Trinajstić information content (AvgIpc) is 3.12. The fourth-order valence-corrected chi connectivity index (χ4v) is 4.56. The van der Waals surface area contributed by atoms with Crippen molar-refractivity contribution in [2.45, 2.75) is 44.7 Å². The molecule has 1 atom stereocenters. The molecule has 1 aromatic carbocycles. The summed E-state index contributed by atoms with van der Waals surface area (Å²) in [6.45, 7) is 2.18. The number of fused-ring (bicyclic) bond motifs is 1. The molecule has 4 rings (SSSR count). The number of aromatic hydroxyl groups is 1. The van der Waals surface area contributed by atoms with Crippen molar-refractivity contribution in [1.29, 1.82) is 0 Å². The Kier molecular flexibility index (Phi) is 5.04. The van der Waals surface area contributed by atoms with Crippen LogP contribution in [0.25, 0.3) is 11.3 Å². The molecule has 1 aliphatic carbocycles. The predicted octanol–water partition coefficient (Wildman–Crippen LogP) is 4.24. The van der Waals surface area contributed by atoms with Gasteiger partial charge < -0.3 is 10.0 Å². The zero-order valence-corrected chi connectivity index (χ0v) is 15.9. The van der Waals surface area contributed by atoms with E-state index in [9.17, 15) is 18.3 Å². The van der Waals surface area contributed by atoms with Crippen molar-refractivity contribution in [3.63, 3.8) is 0 Å². The van der Waals surface area contributed by atoms with Crippen molar-refractivity contribution in [3.05, 3.63) is 40.6 Å². The van der Waals surface area contributed by atoms with Crippen molar-refractivity contribution in [1.82, 2.24) is 15.1 Å². The Morgan fingerprint density at radius 3 is 2.64 bits per heavy atom. The van der Waals surface area contributed by atoms with Crippen molar-refractivity contribution in [3.8, 4) is 17.0 Å². The first-order chi connectivity index (χ1) is 13.3. The van der Waals surface area contributed by atoms with Crippen LogP contribution in [0.5, 0.6) is 5.75 Å². The van der Waals surface area contributed by atoms with Crippen LogP contribution in [0.1, 0.15) is 41.6 Å². The summed E-state index contributed by atoms with van der Waals surface area (Å²) in [4.78, 5) is 2.34. The molecule has 0 amide bonds. The second kappa shape index (κ2) is 7.35. The molecule has 0 radical (unpaired) electrons. The van der Waals surface area contributed by atoms with Crippen molar-refractivity contribution < 1.29 is 18.3 Å². The summed E-state index contributed by atoms with van der Waals surface area (Å²) in [6.07, 6.45) is 1.49. The largest absolute Gasteiger partial charge is 0.507 e. The van der Waals surface area contributed by atoms with Crippen LogP contribution in [0, 0.1) is 5.92 Å². The first-order valence-electron chi connectivity index (χ1n) is 9.79. The minimum atomic E-state index is -4.49. The van der Waals surface area contributed by atoms with E-state index in [-0.39, 0.29) is 0 Å². The van der Waals surface area contributed by atoms with E-state index in [0.29, 0.717) is 17.2 Å². The van der Waals surface area contributed by atoms with Gasteiger partial charge in [0.15, 0.2) is 0 Å². The minimum absolute atomic E-state index is 0.322. The summed E-state index contributed by atoms with van der Waals surface area (Å²) in [5.41, 5.74) is 3.20. The van der Waals surface area contributed by atoms with E-state index < -0.39 is 17.5 Å². The fraction of sp³-hybridized carbons (Fsp3) is 0.524. The van der Waals surface area contributed by atoms with Crippen LogP contribution >= 0.6 is 0 Å². The van der Waals surface area contributed by atoms with Crippen LogP contribution in [0.15, 0.2) is 18.2 Å². The lowest BCUT2D eigenvalue weighted by molar-refractivity contribution is -0.137. The first kappa shape index (κ1) is 19.2. The van der Waals surface area contributed by atoms with Crippen LogP contribution in [-0.4, -0.2) is 40.3 Å². The number of hydrogen-bond acceptors (Lipinski definition) is 4. The van der Waals surface area contributed by atoms with E-state index in [1.165, 1.54) is 24.5 Å². The normalized spacial score (nSPS) is 20.4. The van der Waals surface area contributed by atoms with Gasteiger partial charge in [0.2, 0.25) is 0 Å². The van der Waals surface area contributed by atoms with E-state index in [0.717, 1.165) is 62.2 Å². The van der Waals surface area contributed by atoms with Gasteiger partial charge in [0.1, 0.15) is 11.4 Å². The van der Waals surface area contributed by atoms with E-state index in [1.807, 2.05) is 0 Å². The lowest BCUT2D eigenvalue weighted by Gasteiger charge is -2.29. The molecule has 150 valence electrons. The number of aromatic nitrogens is 2. The van der Waals surface area contributed by atoms with Gasteiger partial charge in [-0.3, -0.25) is 0 Å². The quantitative estimate of drug-likeness (QED) is 0.850. The second-order valence-electron chi connectivity index (χ2n) is 8.01. The molecular formula is C21H24F3N3O. The van der Waals surface area contributed by atoms with Gasteiger partial charge >= 0.3 is 6.18 Å². The Labute approximate surface area is 162 Å². The number of benzene rings is 1. The van der Waals surface area contributed by atoms with Gasteiger partial charge in [0.25, 0.3) is 0 Å². The number of hydrogen-bond donors (Lipinski definition) is 1. The third-order valence-electron chi connectivity index (χ3n) is 5.91. The Morgan fingerprint density at radius 2 is 1.93 bits per heavy atom. The highest BCUT2D eigenvalue weighted by atomic mass is 19.4. The molecule has 1 aromatic heterocycles. The number of likely N-dealkylation sites (tertiary alicyclic amines) is 1. The Balaban J connectivity index is 1.66. The standard InChI is InChI=1S/C21H24F3N3O/c1-27-9-3-4-13(12-27)10-18-15-5-2-6-16(15)20(26-25-18)17-8-7-14(11-19(17)28)21(22,23)24/h7-8,11,13,28H,2-6,9-10,12H2,1H3/t13-/m1/s1. The molecular weight excluding hydrogens is 367 g/mol. The summed E-state index contributed by atoms with van der Waals surface area (Å²) in [7, 11) is 2.14. The lowest BCUT2D eigenvalue weighted by atomic mass is 9.91. The number of nitrogens with zero attached hydrogens (tertiary/aromatic N) is 3. The summed E-state index contributed by atoms with van der Waals surface area (Å²) >= 11 is 0. The fourth-order valence-electron chi connectivity index (χ4n) is 4.56. The summed E-state index contributed by atoms with van der Waals surface area (Å²) in [6, 6.07) is 3.06. The Morgan fingerprint density at radius 1 is 1.14 bits per heavy atom. The van der Waals surface area contributed by atoms with Crippen LogP contribution in [-0.2, 0) is 25.4 Å². The number of halogens is 3. The molecule has 2 aliphatic rings. The van der Waals surface area contributed by atoms with E-state index >= 15 is 0 Å². The lowest BCUT2D eigenvalue weighted by Crippen LogP contribution is -2.33. The topological polar surface area (TPSA) is 49.2 Å². The molecule has 0 bridgehead atoms. The highest BCUT2D eigenvalue weighted by Crippen LogP contribution is 2.39. The van der Waals surface area contributed by atoms with Gasteiger partial charge in [0.05, 0.1) is 11.3 Å². The van der Waals surface area contributed by atoms with Gasteiger partial charge in [-0.1, -0.05) is 0 Å². The van der Waals surface area contributed by atoms with Crippen molar-refractivity contribution in [2.75, 3.05) is 20.1 Å². The van der Waals surface area contributed by atoms with Crippen molar-refractivity contribution in [2.24, 2.45) is 5.92 Å². The maximum Gasteiger partial charge on any atom is 0.416 e. The minimum Gasteiger partial charge on any atom is -0.507 e. The van der Waals surface area contributed by atoms with Gasteiger partial charge in [-0.05, 0) is 87.4 Å². The molecule has 0 saturated carbocycles. The summed E-state index contributed by atoms with van der Waals surface area (Å²) in [5, 5.41) is 19.0. The smallest absolute Gasteiger partial charge is 0.416 e. The van der Waals surface area contributed by atoms with Crippen molar-refractivity contribution >= 4 is 0 Å². The SMILES string of the molecule is CN1CCC[C@H](Cc2nnc(-c3ccc(C(F)(F)F)cc3O)c3c2CCC3)C1. The molecule has 0 spiro atoms. The molecule has 1 aliphatic heterocycles. The number of phenols is 1. The molecule has 1 fully saturated rings. The van der Waals surface area contributed by atoms with E-state index in [4.69, 9.17) is 0 Å². The molecule has 1 saturated heterocycles. The third-order valence-corrected chi connectivity index (χ3v) is 5.91. The highest BCUT2D eigenvalue weighted by molar-refractivity contribution is 5.71. The highest BCUT2D eigenvalue weighted by Gasteiger charge is 2.32. The maximum absolute atomic E-state index is 12.9. The monoisotopic (exact) mass is 391 g/mol. The zero-order chi connectivity index (χ0) is 19.9.